The van der Waals surface area contributed by atoms with Gasteiger partial charge in [-0.15, -0.1) is 11.3 Å². The molecule has 1 atom stereocenters. The van der Waals surface area contributed by atoms with Crippen molar-refractivity contribution in [2.45, 2.75) is 51.5 Å². The Hall–Kier alpha value is -2.28. The third-order valence-corrected chi connectivity index (χ3v) is 5.25. The molecule has 138 valence electrons. The Morgan fingerprint density at radius 2 is 1.96 bits per heavy atom. The van der Waals surface area contributed by atoms with Crippen molar-refractivity contribution in [1.82, 2.24) is 14.9 Å². The molecule has 0 spiro atoms. The van der Waals surface area contributed by atoms with Gasteiger partial charge in [0, 0.05) is 12.0 Å². The van der Waals surface area contributed by atoms with E-state index in [-0.39, 0.29) is 17.2 Å². The summed E-state index contributed by atoms with van der Waals surface area (Å²) in [6, 6.07) is 3.20. The van der Waals surface area contributed by atoms with Crippen LogP contribution in [0.2, 0.25) is 0 Å². The van der Waals surface area contributed by atoms with Crippen LogP contribution in [0.25, 0.3) is 0 Å². The molecule has 1 unspecified atom stereocenters. The van der Waals surface area contributed by atoms with Gasteiger partial charge in [-0.2, -0.15) is 0 Å². The molecular formula is C19H24N4O2S. The number of carbonyl (C=O) groups excluding carboxylic acids is 2. The second kappa shape index (κ2) is 7.53. The largest absolute Gasteiger partial charge is 0.326 e. The first-order valence-corrected chi connectivity index (χ1v) is 9.72. The highest BCUT2D eigenvalue weighted by molar-refractivity contribution is 7.12. The Morgan fingerprint density at radius 1 is 1.23 bits per heavy atom. The van der Waals surface area contributed by atoms with Gasteiger partial charge < -0.3 is 10.2 Å². The van der Waals surface area contributed by atoms with Crippen LogP contribution in [0.3, 0.4) is 0 Å². The zero-order chi connectivity index (χ0) is 18.7. The number of likely N-dealkylation sites (tertiary alicyclic amines) is 1. The third kappa shape index (κ3) is 4.09. The van der Waals surface area contributed by atoms with Gasteiger partial charge in [0.1, 0.15) is 11.9 Å². The van der Waals surface area contributed by atoms with Crippen molar-refractivity contribution >= 4 is 28.8 Å². The molecule has 0 aliphatic carbocycles. The highest BCUT2D eigenvalue weighted by Crippen LogP contribution is 2.23. The molecule has 1 aliphatic rings. The monoisotopic (exact) mass is 372 g/mol. The first kappa shape index (κ1) is 18.5. The molecule has 6 nitrogen and oxygen atoms in total. The summed E-state index contributed by atoms with van der Waals surface area (Å²) in [5.74, 6) is 0.476. The van der Waals surface area contributed by atoms with Crippen LogP contribution >= 0.6 is 11.3 Å². The number of rotatable bonds is 3. The standard InChI is InChI=1S/C19H24N4O2S/c1-19(2,3)18-20-11-13(12-21-18)22-16(24)14-7-4-5-9-23(14)17(25)15-8-6-10-26-15/h6,8,10-12,14H,4-5,7,9H2,1-3H3,(H,22,24). The van der Waals surface area contributed by atoms with Gasteiger partial charge in [0.25, 0.3) is 5.91 Å². The van der Waals surface area contributed by atoms with Crippen molar-refractivity contribution in [3.05, 3.63) is 40.6 Å². The van der Waals surface area contributed by atoms with Gasteiger partial charge in [0.15, 0.2) is 0 Å². The summed E-state index contributed by atoms with van der Waals surface area (Å²) in [6.45, 7) is 6.72. The number of hydrogen-bond acceptors (Lipinski definition) is 5. The van der Waals surface area contributed by atoms with E-state index in [0.717, 1.165) is 18.7 Å². The molecule has 26 heavy (non-hydrogen) atoms. The number of anilines is 1. The molecule has 2 aromatic rings. The number of amides is 2. The quantitative estimate of drug-likeness (QED) is 0.895. The van der Waals surface area contributed by atoms with Crippen molar-refractivity contribution in [2.75, 3.05) is 11.9 Å². The minimum absolute atomic E-state index is 0.0702. The SMILES string of the molecule is CC(C)(C)c1ncc(NC(=O)C2CCCCN2C(=O)c2cccs2)cn1. The maximum atomic E-state index is 12.8. The molecule has 2 amide bonds. The average molecular weight is 372 g/mol. The molecule has 3 heterocycles. The minimum Gasteiger partial charge on any atom is -0.326 e. The van der Waals surface area contributed by atoms with Crippen LogP contribution in [0, 0.1) is 0 Å². The number of hydrogen-bond donors (Lipinski definition) is 1. The molecule has 0 bridgehead atoms. The van der Waals surface area contributed by atoms with Crippen LogP contribution in [0.1, 0.15) is 55.5 Å². The molecule has 1 aliphatic heterocycles. The lowest BCUT2D eigenvalue weighted by Crippen LogP contribution is -2.49. The van der Waals surface area contributed by atoms with Crippen LogP contribution in [0.15, 0.2) is 29.9 Å². The van der Waals surface area contributed by atoms with Crippen molar-refractivity contribution in [2.24, 2.45) is 0 Å². The predicted molar refractivity (Wildman–Crippen MR) is 102 cm³/mol. The second-order valence-corrected chi connectivity index (χ2v) is 8.47. The Bertz CT molecular complexity index is 766. The van der Waals surface area contributed by atoms with Gasteiger partial charge in [0.05, 0.1) is 23.0 Å². The summed E-state index contributed by atoms with van der Waals surface area (Å²) in [5, 5.41) is 4.74. The van der Waals surface area contributed by atoms with Crippen molar-refractivity contribution in [1.29, 1.82) is 0 Å². The molecule has 0 saturated carbocycles. The lowest BCUT2D eigenvalue weighted by atomic mass is 9.96. The topological polar surface area (TPSA) is 75.2 Å². The molecule has 1 saturated heterocycles. The van der Waals surface area contributed by atoms with E-state index in [1.165, 1.54) is 11.3 Å². The van der Waals surface area contributed by atoms with Crippen LogP contribution in [0.4, 0.5) is 5.69 Å². The van der Waals surface area contributed by atoms with E-state index in [9.17, 15) is 9.59 Å². The summed E-state index contributed by atoms with van der Waals surface area (Å²) < 4.78 is 0. The van der Waals surface area contributed by atoms with Crippen molar-refractivity contribution in [3.8, 4) is 0 Å². The molecule has 2 aromatic heterocycles. The Kier molecular flexibility index (Phi) is 5.36. The van der Waals surface area contributed by atoms with Gasteiger partial charge >= 0.3 is 0 Å². The average Bonchev–Trinajstić information content (AvgIpc) is 3.15. The van der Waals surface area contributed by atoms with Gasteiger partial charge in [-0.25, -0.2) is 9.97 Å². The van der Waals surface area contributed by atoms with Gasteiger partial charge in [0.2, 0.25) is 5.91 Å². The number of piperidine rings is 1. The van der Waals surface area contributed by atoms with Gasteiger partial charge in [-0.3, -0.25) is 9.59 Å². The number of nitrogens with one attached hydrogen (secondary N) is 1. The zero-order valence-corrected chi connectivity index (χ0v) is 16.2. The second-order valence-electron chi connectivity index (χ2n) is 7.52. The first-order chi connectivity index (χ1) is 12.4. The van der Waals surface area contributed by atoms with E-state index in [0.29, 0.717) is 23.5 Å². The lowest BCUT2D eigenvalue weighted by Gasteiger charge is -2.34. The lowest BCUT2D eigenvalue weighted by molar-refractivity contribution is -0.121. The Labute approximate surface area is 157 Å². The molecule has 0 radical (unpaired) electrons. The van der Waals surface area contributed by atoms with E-state index >= 15 is 0 Å². The van der Waals surface area contributed by atoms with Crippen LogP contribution in [0.5, 0.6) is 0 Å². The highest BCUT2D eigenvalue weighted by atomic mass is 32.1. The first-order valence-electron chi connectivity index (χ1n) is 8.84. The maximum absolute atomic E-state index is 12.8. The fourth-order valence-corrected chi connectivity index (χ4v) is 3.67. The predicted octanol–water partition coefficient (Wildman–Crippen LogP) is 3.47. The third-order valence-electron chi connectivity index (χ3n) is 4.39. The number of nitrogens with zero attached hydrogens (tertiary/aromatic N) is 3. The summed E-state index contributed by atoms with van der Waals surface area (Å²) >= 11 is 1.40. The van der Waals surface area contributed by atoms with E-state index in [4.69, 9.17) is 0 Å². The normalized spacial score (nSPS) is 17.8. The van der Waals surface area contributed by atoms with E-state index in [1.54, 1.807) is 23.4 Å². The summed E-state index contributed by atoms with van der Waals surface area (Å²) in [5.41, 5.74) is 0.410. The number of thiophene rings is 1. The molecular weight excluding hydrogens is 348 g/mol. The van der Waals surface area contributed by atoms with E-state index in [2.05, 4.69) is 15.3 Å². The van der Waals surface area contributed by atoms with Gasteiger partial charge in [-0.05, 0) is 30.7 Å². The van der Waals surface area contributed by atoms with E-state index in [1.807, 2.05) is 32.2 Å². The Balaban J connectivity index is 1.71. The Morgan fingerprint density at radius 3 is 2.58 bits per heavy atom. The molecule has 7 heteroatoms. The van der Waals surface area contributed by atoms with Gasteiger partial charge in [-0.1, -0.05) is 26.8 Å². The summed E-state index contributed by atoms with van der Waals surface area (Å²) in [7, 11) is 0. The highest BCUT2D eigenvalue weighted by Gasteiger charge is 2.33. The zero-order valence-electron chi connectivity index (χ0n) is 15.4. The minimum atomic E-state index is -0.458. The number of carbonyl (C=O) groups is 2. The van der Waals surface area contributed by atoms with Crippen LogP contribution in [-0.2, 0) is 10.2 Å². The summed E-state index contributed by atoms with van der Waals surface area (Å²) in [4.78, 5) is 36.5. The maximum Gasteiger partial charge on any atom is 0.264 e. The molecule has 1 N–H and O–H groups in total. The van der Waals surface area contributed by atoms with Crippen LogP contribution < -0.4 is 5.32 Å². The fraction of sp³-hybridized carbons (Fsp3) is 0.474. The molecule has 3 rings (SSSR count). The smallest absolute Gasteiger partial charge is 0.264 e. The van der Waals surface area contributed by atoms with Crippen LogP contribution in [-0.4, -0.2) is 39.3 Å². The van der Waals surface area contributed by atoms with Crippen molar-refractivity contribution in [3.63, 3.8) is 0 Å². The molecule has 1 fully saturated rings. The van der Waals surface area contributed by atoms with E-state index < -0.39 is 6.04 Å². The fourth-order valence-electron chi connectivity index (χ4n) is 2.99. The summed E-state index contributed by atoms with van der Waals surface area (Å²) in [6.07, 6.45) is 5.78. The van der Waals surface area contributed by atoms with Crippen molar-refractivity contribution < 1.29 is 9.59 Å². The number of aromatic nitrogens is 2. The molecule has 0 aromatic carbocycles.